The summed E-state index contributed by atoms with van der Waals surface area (Å²) in [5, 5.41) is 20.1. The van der Waals surface area contributed by atoms with Crippen molar-refractivity contribution in [3.63, 3.8) is 0 Å². The molecule has 3 heterocycles. The third-order valence-corrected chi connectivity index (χ3v) is 3.61. The molecule has 0 saturated carbocycles. The van der Waals surface area contributed by atoms with Gasteiger partial charge in [-0.25, -0.2) is 4.68 Å². The molecule has 0 atom stereocenters. The van der Waals surface area contributed by atoms with Gasteiger partial charge in [0.25, 0.3) is 0 Å². The SMILES string of the molecule is COCCNCc1cn(Cc2nnc3n2CCCC3)nn1. The Hall–Kier alpha value is -1.80. The Labute approximate surface area is 123 Å². The van der Waals surface area contributed by atoms with Gasteiger partial charge in [0.15, 0.2) is 5.82 Å². The van der Waals surface area contributed by atoms with Gasteiger partial charge in [-0.1, -0.05) is 5.21 Å². The van der Waals surface area contributed by atoms with Crippen LogP contribution in [-0.4, -0.2) is 50.0 Å². The molecule has 0 unspecified atom stereocenters. The first-order valence-electron chi connectivity index (χ1n) is 7.36. The molecule has 8 nitrogen and oxygen atoms in total. The molecule has 0 radical (unpaired) electrons. The van der Waals surface area contributed by atoms with E-state index in [4.69, 9.17) is 4.74 Å². The van der Waals surface area contributed by atoms with Crippen LogP contribution in [0.3, 0.4) is 0 Å². The van der Waals surface area contributed by atoms with Gasteiger partial charge in [0.1, 0.15) is 12.4 Å². The fourth-order valence-corrected chi connectivity index (χ4v) is 2.52. The number of nitrogens with one attached hydrogen (secondary N) is 1. The van der Waals surface area contributed by atoms with Gasteiger partial charge in [-0.05, 0) is 12.8 Å². The smallest absolute Gasteiger partial charge is 0.154 e. The maximum atomic E-state index is 4.99. The number of fused-ring (bicyclic) bond motifs is 1. The summed E-state index contributed by atoms with van der Waals surface area (Å²) in [5.74, 6) is 2.06. The molecule has 1 aliphatic rings. The first kappa shape index (κ1) is 14.2. The van der Waals surface area contributed by atoms with E-state index < -0.39 is 0 Å². The van der Waals surface area contributed by atoms with Gasteiger partial charge in [0, 0.05) is 33.2 Å². The van der Waals surface area contributed by atoms with Crippen LogP contribution in [-0.2, 0) is 30.8 Å². The molecule has 0 amide bonds. The Morgan fingerprint density at radius 3 is 3.14 bits per heavy atom. The van der Waals surface area contributed by atoms with Crippen molar-refractivity contribution in [1.82, 2.24) is 35.1 Å². The van der Waals surface area contributed by atoms with Crippen molar-refractivity contribution >= 4 is 0 Å². The van der Waals surface area contributed by atoms with E-state index >= 15 is 0 Å². The first-order valence-corrected chi connectivity index (χ1v) is 7.36. The van der Waals surface area contributed by atoms with Crippen molar-refractivity contribution < 1.29 is 4.74 Å². The lowest BCUT2D eigenvalue weighted by molar-refractivity contribution is 0.199. The van der Waals surface area contributed by atoms with Crippen LogP contribution < -0.4 is 5.32 Å². The van der Waals surface area contributed by atoms with Crippen LogP contribution in [0.25, 0.3) is 0 Å². The van der Waals surface area contributed by atoms with Crippen molar-refractivity contribution in [1.29, 1.82) is 0 Å². The molecule has 0 spiro atoms. The molecule has 114 valence electrons. The Morgan fingerprint density at radius 2 is 2.24 bits per heavy atom. The monoisotopic (exact) mass is 291 g/mol. The second-order valence-corrected chi connectivity index (χ2v) is 5.22. The average Bonchev–Trinajstić information content (AvgIpc) is 3.12. The molecule has 2 aromatic rings. The van der Waals surface area contributed by atoms with E-state index in [1.165, 1.54) is 12.8 Å². The zero-order chi connectivity index (χ0) is 14.5. The Kier molecular flexibility index (Phi) is 4.56. The standard InChI is InChI=1S/C13H21N7O/c1-21-7-5-14-8-11-9-19(18-15-11)10-13-17-16-12-4-2-3-6-20(12)13/h9,14H,2-8,10H2,1H3. The Balaban J connectivity index is 1.58. The minimum atomic E-state index is 0.623. The second kappa shape index (κ2) is 6.77. The van der Waals surface area contributed by atoms with Crippen LogP contribution in [0.1, 0.15) is 30.2 Å². The lowest BCUT2D eigenvalue weighted by Crippen LogP contribution is -2.18. The fraction of sp³-hybridized carbons (Fsp3) is 0.692. The van der Waals surface area contributed by atoms with Crippen molar-refractivity contribution in [3.8, 4) is 0 Å². The summed E-state index contributed by atoms with van der Waals surface area (Å²) < 4.78 is 9.01. The quantitative estimate of drug-likeness (QED) is 0.723. The highest BCUT2D eigenvalue weighted by atomic mass is 16.5. The number of hydrogen-bond acceptors (Lipinski definition) is 6. The van der Waals surface area contributed by atoms with Gasteiger partial charge in [-0.2, -0.15) is 0 Å². The van der Waals surface area contributed by atoms with Crippen molar-refractivity contribution in [2.75, 3.05) is 20.3 Å². The average molecular weight is 291 g/mol. The summed E-state index contributed by atoms with van der Waals surface area (Å²) in [6.45, 7) is 3.83. The number of ether oxygens (including phenoxy) is 1. The van der Waals surface area contributed by atoms with E-state index in [2.05, 4.69) is 30.4 Å². The zero-order valence-electron chi connectivity index (χ0n) is 12.3. The number of aryl methyl sites for hydroxylation is 1. The van der Waals surface area contributed by atoms with Gasteiger partial charge in [0.05, 0.1) is 18.5 Å². The first-order chi connectivity index (χ1) is 10.4. The van der Waals surface area contributed by atoms with E-state index in [1.54, 1.807) is 7.11 Å². The van der Waals surface area contributed by atoms with Gasteiger partial charge in [-0.3, -0.25) is 0 Å². The Morgan fingerprint density at radius 1 is 1.29 bits per heavy atom. The van der Waals surface area contributed by atoms with E-state index in [9.17, 15) is 0 Å². The van der Waals surface area contributed by atoms with Crippen LogP contribution in [0.5, 0.6) is 0 Å². The third-order valence-electron chi connectivity index (χ3n) is 3.61. The molecule has 1 N–H and O–H groups in total. The second-order valence-electron chi connectivity index (χ2n) is 5.22. The van der Waals surface area contributed by atoms with Crippen LogP contribution in [0.4, 0.5) is 0 Å². The molecule has 0 aromatic carbocycles. The molecule has 3 rings (SSSR count). The maximum Gasteiger partial charge on any atom is 0.154 e. The molecule has 0 aliphatic carbocycles. The summed E-state index contributed by atoms with van der Waals surface area (Å²) in [4.78, 5) is 0. The fourth-order valence-electron chi connectivity index (χ4n) is 2.52. The Bertz CT molecular complexity index is 577. The van der Waals surface area contributed by atoms with Crippen LogP contribution in [0.2, 0.25) is 0 Å². The zero-order valence-corrected chi connectivity index (χ0v) is 12.3. The van der Waals surface area contributed by atoms with E-state index in [-0.39, 0.29) is 0 Å². The van der Waals surface area contributed by atoms with E-state index in [0.29, 0.717) is 19.7 Å². The molecule has 1 aliphatic heterocycles. The summed E-state index contributed by atoms with van der Waals surface area (Å²) in [7, 11) is 1.69. The molecular formula is C13H21N7O. The summed E-state index contributed by atoms with van der Waals surface area (Å²) in [6, 6.07) is 0. The number of nitrogens with zero attached hydrogens (tertiary/aromatic N) is 6. The highest BCUT2D eigenvalue weighted by Crippen LogP contribution is 2.14. The summed E-state index contributed by atoms with van der Waals surface area (Å²) in [5.41, 5.74) is 0.921. The molecule has 0 saturated heterocycles. The highest BCUT2D eigenvalue weighted by Gasteiger charge is 2.16. The van der Waals surface area contributed by atoms with Gasteiger partial charge in [-0.15, -0.1) is 15.3 Å². The predicted molar refractivity (Wildman–Crippen MR) is 75.7 cm³/mol. The highest BCUT2D eigenvalue weighted by molar-refractivity contribution is 5.00. The van der Waals surface area contributed by atoms with Crippen molar-refractivity contribution in [3.05, 3.63) is 23.5 Å². The minimum Gasteiger partial charge on any atom is -0.383 e. The maximum absolute atomic E-state index is 4.99. The minimum absolute atomic E-state index is 0.623. The number of rotatable bonds is 7. The lowest BCUT2D eigenvalue weighted by Gasteiger charge is -2.14. The van der Waals surface area contributed by atoms with Crippen molar-refractivity contribution in [2.24, 2.45) is 0 Å². The number of aromatic nitrogens is 6. The third kappa shape index (κ3) is 3.45. The van der Waals surface area contributed by atoms with E-state index in [1.807, 2.05) is 10.9 Å². The molecule has 0 fully saturated rings. The van der Waals surface area contributed by atoms with Crippen LogP contribution >= 0.6 is 0 Å². The van der Waals surface area contributed by atoms with Gasteiger partial charge >= 0.3 is 0 Å². The molecule has 2 aromatic heterocycles. The van der Waals surface area contributed by atoms with Gasteiger partial charge < -0.3 is 14.6 Å². The summed E-state index contributed by atoms with van der Waals surface area (Å²) in [6.07, 6.45) is 5.38. The lowest BCUT2D eigenvalue weighted by atomic mass is 10.2. The molecular weight excluding hydrogens is 270 g/mol. The largest absolute Gasteiger partial charge is 0.383 e. The topological polar surface area (TPSA) is 82.7 Å². The number of hydrogen-bond donors (Lipinski definition) is 1. The molecule has 8 heteroatoms. The number of methoxy groups -OCH3 is 1. The molecule has 21 heavy (non-hydrogen) atoms. The summed E-state index contributed by atoms with van der Waals surface area (Å²) >= 11 is 0. The predicted octanol–water partition coefficient (Wildman–Crippen LogP) is -0.00980. The van der Waals surface area contributed by atoms with Gasteiger partial charge in [0.2, 0.25) is 0 Å². The van der Waals surface area contributed by atoms with Crippen molar-refractivity contribution in [2.45, 2.75) is 38.9 Å². The molecule has 0 bridgehead atoms. The van der Waals surface area contributed by atoms with Crippen LogP contribution in [0.15, 0.2) is 6.20 Å². The van der Waals surface area contributed by atoms with Crippen LogP contribution in [0, 0.1) is 0 Å². The normalized spacial score (nSPS) is 14.3. The van der Waals surface area contributed by atoms with E-state index in [0.717, 1.165) is 36.9 Å².